The molecule has 0 saturated carbocycles. The minimum Gasteiger partial charge on any atom is -0.484 e. The fourth-order valence-electron chi connectivity index (χ4n) is 1.88. The minimum absolute atomic E-state index is 0.0493. The molecule has 2 heterocycles. The van der Waals surface area contributed by atoms with E-state index in [9.17, 15) is 4.79 Å². The molecule has 7 nitrogen and oxygen atoms in total. The van der Waals surface area contributed by atoms with E-state index >= 15 is 0 Å². The number of carbonyl (C=O) groups is 1. The largest absolute Gasteiger partial charge is 0.484 e. The Hall–Kier alpha value is -2.52. The van der Waals surface area contributed by atoms with Crippen LogP contribution in [0.25, 0.3) is 0 Å². The maximum atomic E-state index is 12.0. The topological polar surface area (TPSA) is 82.2 Å². The van der Waals surface area contributed by atoms with Crippen LogP contribution in [0.1, 0.15) is 10.8 Å². The molecule has 0 saturated heterocycles. The second kappa shape index (κ2) is 7.37. The monoisotopic (exact) mass is 362 g/mol. The third kappa shape index (κ3) is 4.27. The van der Waals surface area contributed by atoms with Gasteiger partial charge in [-0.15, -0.1) is 16.4 Å². The van der Waals surface area contributed by atoms with Crippen LogP contribution in [-0.2, 0) is 17.9 Å². The van der Waals surface area contributed by atoms with E-state index in [2.05, 4.69) is 15.4 Å². The SMILES string of the molecule is Cc1cnc(NC(=O)Cn2nc(COc3ccccc3)oc2=S)s1. The van der Waals surface area contributed by atoms with Crippen LogP contribution in [0.4, 0.5) is 5.13 Å². The molecule has 0 bridgehead atoms. The Morgan fingerprint density at radius 2 is 2.21 bits per heavy atom. The van der Waals surface area contributed by atoms with Gasteiger partial charge in [0.15, 0.2) is 11.7 Å². The van der Waals surface area contributed by atoms with E-state index < -0.39 is 0 Å². The first-order valence-electron chi connectivity index (χ1n) is 7.07. The fourth-order valence-corrected chi connectivity index (χ4v) is 2.76. The molecule has 0 atom stereocenters. The predicted molar refractivity (Wildman–Crippen MR) is 91.6 cm³/mol. The highest BCUT2D eigenvalue weighted by Gasteiger charge is 2.11. The van der Waals surface area contributed by atoms with Crippen LogP contribution in [0.2, 0.25) is 0 Å². The standard InChI is InChI=1S/C15H14N4O3S2/c1-10-7-16-14(24-10)17-12(20)8-19-15(23)22-13(18-19)9-21-11-5-3-2-4-6-11/h2-7H,8-9H2,1H3,(H,16,17,20). The highest BCUT2D eigenvalue weighted by molar-refractivity contribution is 7.71. The fraction of sp³-hybridized carbons (Fsp3) is 0.200. The average Bonchev–Trinajstić information content (AvgIpc) is 3.12. The van der Waals surface area contributed by atoms with Crippen LogP contribution in [0.5, 0.6) is 5.75 Å². The van der Waals surface area contributed by atoms with Gasteiger partial charge in [-0.3, -0.25) is 4.79 Å². The number of anilines is 1. The van der Waals surface area contributed by atoms with Gasteiger partial charge in [0.25, 0.3) is 10.7 Å². The smallest absolute Gasteiger partial charge is 0.287 e. The van der Waals surface area contributed by atoms with Gasteiger partial charge in [-0.05, 0) is 31.3 Å². The van der Waals surface area contributed by atoms with Crippen molar-refractivity contribution in [2.75, 3.05) is 5.32 Å². The number of benzene rings is 1. The lowest BCUT2D eigenvalue weighted by Gasteiger charge is -2.02. The number of nitrogens with one attached hydrogen (secondary N) is 1. The average molecular weight is 362 g/mol. The summed E-state index contributed by atoms with van der Waals surface area (Å²) in [7, 11) is 0. The maximum Gasteiger partial charge on any atom is 0.287 e. The van der Waals surface area contributed by atoms with Crippen molar-refractivity contribution in [1.82, 2.24) is 14.8 Å². The third-order valence-corrected chi connectivity index (χ3v) is 4.04. The maximum absolute atomic E-state index is 12.0. The normalized spacial score (nSPS) is 10.5. The van der Waals surface area contributed by atoms with Gasteiger partial charge in [0, 0.05) is 11.1 Å². The molecular formula is C15H14N4O3S2. The predicted octanol–water partition coefficient (Wildman–Crippen LogP) is 3.19. The first kappa shape index (κ1) is 16.3. The van der Waals surface area contributed by atoms with Gasteiger partial charge in [0.2, 0.25) is 5.91 Å². The van der Waals surface area contributed by atoms with Crippen molar-refractivity contribution in [3.05, 3.63) is 52.1 Å². The van der Waals surface area contributed by atoms with Gasteiger partial charge in [0.05, 0.1) is 0 Å². The molecule has 2 aromatic heterocycles. The molecule has 3 aromatic rings. The summed E-state index contributed by atoms with van der Waals surface area (Å²) in [5, 5.41) is 7.39. The van der Waals surface area contributed by atoms with Gasteiger partial charge >= 0.3 is 0 Å². The van der Waals surface area contributed by atoms with Crippen LogP contribution in [0.3, 0.4) is 0 Å². The van der Waals surface area contributed by atoms with Gasteiger partial charge in [-0.2, -0.15) is 0 Å². The number of nitrogens with zero attached hydrogens (tertiary/aromatic N) is 3. The van der Waals surface area contributed by atoms with Crippen molar-refractivity contribution in [2.24, 2.45) is 0 Å². The molecule has 0 aliphatic heterocycles. The number of carbonyl (C=O) groups excluding carboxylic acids is 1. The second-order valence-electron chi connectivity index (χ2n) is 4.85. The van der Waals surface area contributed by atoms with E-state index in [0.717, 1.165) is 4.88 Å². The number of hydrogen-bond donors (Lipinski definition) is 1. The highest BCUT2D eigenvalue weighted by Crippen LogP contribution is 2.16. The highest BCUT2D eigenvalue weighted by atomic mass is 32.1. The van der Waals surface area contributed by atoms with Gasteiger partial charge in [-0.1, -0.05) is 18.2 Å². The van der Waals surface area contributed by atoms with Gasteiger partial charge < -0.3 is 14.5 Å². The molecule has 3 rings (SSSR count). The summed E-state index contributed by atoms with van der Waals surface area (Å²) in [6.45, 7) is 2.00. The van der Waals surface area contributed by atoms with Crippen LogP contribution < -0.4 is 10.1 Å². The lowest BCUT2D eigenvalue weighted by atomic mass is 10.3. The number of amides is 1. The summed E-state index contributed by atoms with van der Waals surface area (Å²) in [6.07, 6.45) is 1.70. The van der Waals surface area contributed by atoms with E-state index in [4.69, 9.17) is 21.4 Å². The van der Waals surface area contributed by atoms with E-state index in [0.29, 0.717) is 16.8 Å². The molecule has 0 fully saturated rings. The van der Waals surface area contributed by atoms with Crippen LogP contribution in [0, 0.1) is 11.8 Å². The van der Waals surface area contributed by atoms with Crippen molar-refractivity contribution in [3.63, 3.8) is 0 Å². The quantitative estimate of drug-likeness (QED) is 0.678. The number of ether oxygens (including phenoxy) is 1. The van der Waals surface area contributed by atoms with Crippen LogP contribution in [-0.4, -0.2) is 20.7 Å². The molecule has 1 aromatic carbocycles. The number of hydrogen-bond acceptors (Lipinski definition) is 7. The number of thiazole rings is 1. The van der Waals surface area contributed by atoms with E-state index in [1.165, 1.54) is 16.0 Å². The molecule has 24 heavy (non-hydrogen) atoms. The zero-order valence-electron chi connectivity index (χ0n) is 12.8. The summed E-state index contributed by atoms with van der Waals surface area (Å²) in [4.78, 5) is 17.2. The molecule has 0 aliphatic rings. The number of aromatic nitrogens is 3. The molecule has 1 amide bonds. The van der Waals surface area contributed by atoms with Gasteiger partial charge in [0.1, 0.15) is 12.3 Å². The van der Waals surface area contributed by atoms with Crippen LogP contribution in [0.15, 0.2) is 40.9 Å². The molecule has 124 valence electrons. The van der Waals surface area contributed by atoms with Crippen LogP contribution >= 0.6 is 23.6 Å². The molecule has 0 aliphatic carbocycles. The molecule has 9 heteroatoms. The van der Waals surface area contributed by atoms with E-state index in [1.54, 1.807) is 6.20 Å². The van der Waals surface area contributed by atoms with Crippen molar-refractivity contribution >= 4 is 34.6 Å². The number of rotatable bonds is 6. The first-order valence-corrected chi connectivity index (χ1v) is 8.29. The molecule has 0 radical (unpaired) electrons. The molecular weight excluding hydrogens is 348 g/mol. The third-order valence-electron chi connectivity index (χ3n) is 2.91. The minimum atomic E-state index is -0.274. The number of para-hydroxylation sites is 1. The van der Waals surface area contributed by atoms with E-state index in [-0.39, 0.29) is 23.9 Å². The summed E-state index contributed by atoms with van der Waals surface area (Å²) in [5.74, 6) is 0.732. The van der Waals surface area contributed by atoms with E-state index in [1.807, 2.05) is 37.3 Å². The summed E-state index contributed by atoms with van der Waals surface area (Å²) >= 11 is 6.48. The lowest BCUT2D eigenvalue weighted by molar-refractivity contribution is -0.117. The zero-order valence-corrected chi connectivity index (χ0v) is 14.4. The summed E-state index contributed by atoms with van der Waals surface area (Å²) in [6, 6.07) is 9.29. The Bertz CT molecular complexity index is 886. The summed E-state index contributed by atoms with van der Waals surface area (Å²) in [5.41, 5.74) is 0. The number of aryl methyl sites for hydroxylation is 1. The van der Waals surface area contributed by atoms with Crippen molar-refractivity contribution < 1.29 is 13.9 Å². The Labute approximate surface area is 146 Å². The summed E-state index contributed by atoms with van der Waals surface area (Å²) < 4.78 is 12.2. The van der Waals surface area contributed by atoms with Crippen molar-refractivity contribution in [2.45, 2.75) is 20.1 Å². The Kier molecular flexibility index (Phi) is 5.02. The zero-order chi connectivity index (χ0) is 16.9. The van der Waals surface area contributed by atoms with Crippen molar-refractivity contribution in [1.29, 1.82) is 0 Å². The Balaban J connectivity index is 1.59. The van der Waals surface area contributed by atoms with Gasteiger partial charge in [-0.25, -0.2) is 9.67 Å². The first-order chi connectivity index (χ1) is 11.6. The lowest BCUT2D eigenvalue weighted by Crippen LogP contribution is -2.19. The molecule has 0 unspecified atom stereocenters. The molecule has 0 spiro atoms. The second-order valence-corrected chi connectivity index (χ2v) is 6.43. The Morgan fingerprint density at radius 1 is 1.42 bits per heavy atom. The van der Waals surface area contributed by atoms with Crippen molar-refractivity contribution in [3.8, 4) is 5.75 Å². The molecule has 1 N–H and O–H groups in total. The Morgan fingerprint density at radius 3 is 2.92 bits per heavy atom.